The average molecular weight is 465 g/mol. The lowest BCUT2D eigenvalue weighted by Gasteiger charge is -2.44. The Labute approximate surface area is 188 Å². The molecule has 5 rings (SSSR count). The molecular formula is C24H24F5N3O. The summed E-state index contributed by atoms with van der Waals surface area (Å²) < 4.78 is 68.3. The highest BCUT2D eigenvalue weighted by Gasteiger charge is 2.52. The summed E-state index contributed by atoms with van der Waals surface area (Å²) in [7, 11) is 0. The largest absolute Gasteiger partial charge is 0.487 e. The Morgan fingerprint density at radius 3 is 2.55 bits per heavy atom. The number of ketones is 1. The molecule has 0 aromatic heterocycles. The summed E-state index contributed by atoms with van der Waals surface area (Å²) in [5.41, 5.74) is 1.72. The van der Waals surface area contributed by atoms with E-state index in [2.05, 4.69) is 4.90 Å². The summed E-state index contributed by atoms with van der Waals surface area (Å²) in [6.07, 6.45) is -5.21. The molecule has 3 aliphatic rings. The molecule has 0 N–H and O–H groups in total. The van der Waals surface area contributed by atoms with Gasteiger partial charge in [0.25, 0.3) is 0 Å². The number of Topliss-reactive ketones (excluding diaryl/α,β-unsaturated/α-hetero) is 1. The smallest absolute Gasteiger partial charge is 0.361 e. The monoisotopic (exact) mass is 465 g/mol. The minimum Gasteiger partial charge on any atom is -0.361 e. The van der Waals surface area contributed by atoms with Gasteiger partial charge in [0.2, 0.25) is 0 Å². The molecule has 2 aromatic rings. The summed E-state index contributed by atoms with van der Waals surface area (Å²) in [5, 5.41) is 0. The van der Waals surface area contributed by atoms with Crippen molar-refractivity contribution in [3.05, 3.63) is 59.4 Å². The second-order valence-corrected chi connectivity index (χ2v) is 8.94. The van der Waals surface area contributed by atoms with E-state index in [0.717, 1.165) is 18.5 Å². The highest BCUT2D eigenvalue weighted by Crippen LogP contribution is 2.53. The Morgan fingerprint density at radius 1 is 1.06 bits per heavy atom. The van der Waals surface area contributed by atoms with E-state index in [1.165, 1.54) is 30.3 Å². The van der Waals surface area contributed by atoms with Gasteiger partial charge >= 0.3 is 6.30 Å². The minimum atomic E-state index is -4.78. The van der Waals surface area contributed by atoms with E-state index in [1.54, 1.807) is 6.07 Å². The van der Waals surface area contributed by atoms with Crippen LogP contribution in [0.15, 0.2) is 42.5 Å². The molecule has 4 nitrogen and oxygen atoms in total. The molecule has 1 saturated heterocycles. The molecule has 0 aliphatic carbocycles. The van der Waals surface area contributed by atoms with Crippen molar-refractivity contribution in [3.63, 3.8) is 0 Å². The topological polar surface area (TPSA) is 26.8 Å². The van der Waals surface area contributed by atoms with Crippen molar-refractivity contribution in [1.82, 2.24) is 4.90 Å². The third kappa shape index (κ3) is 3.96. The highest BCUT2D eigenvalue weighted by atomic mass is 19.4. The fraction of sp³-hybridized carbons (Fsp3) is 0.458. The number of alkyl halides is 4. The lowest BCUT2D eigenvalue weighted by molar-refractivity contribution is -0.142. The summed E-state index contributed by atoms with van der Waals surface area (Å²) in [6, 6.07) is 10.3. The van der Waals surface area contributed by atoms with E-state index in [-0.39, 0.29) is 40.7 Å². The van der Waals surface area contributed by atoms with Crippen molar-refractivity contribution in [3.8, 4) is 0 Å². The first-order valence-corrected chi connectivity index (χ1v) is 11.1. The number of fused-ring (bicyclic) bond motifs is 3. The molecule has 176 valence electrons. The van der Waals surface area contributed by atoms with Crippen LogP contribution in [0.4, 0.5) is 33.3 Å². The summed E-state index contributed by atoms with van der Waals surface area (Å²) >= 11 is 0. The predicted octanol–water partition coefficient (Wildman–Crippen LogP) is 5.10. The van der Waals surface area contributed by atoms with Crippen LogP contribution in [0.5, 0.6) is 0 Å². The van der Waals surface area contributed by atoms with Gasteiger partial charge in [0, 0.05) is 37.0 Å². The Morgan fingerprint density at radius 2 is 1.82 bits per heavy atom. The van der Waals surface area contributed by atoms with Gasteiger partial charge in [-0.15, -0.1) is 13.2 Å². The number of nitrogens with zero attached hydrogens (tertiary/aromatic N) is 3. The molecule has 3 atom stereocenters. The van der Waals surface area contributed by atoms with Gasteiger partial charge in [-0.05, 0) is 55.3 Å². The number of likely N-dealkylation sites (tertiary alicyclic amines) is 1. The molecule has 0 radical (unpaired) electrons. The number of anilines is 2. The fourth-order valence-electron chi connectivity index (χ4n) is 5.57. The van der Waals surface area contributed by atoms with Gasteiger partial charge < -0.3 is 9.80 Å². The Balaban J connectivity index is 1.27. The zero-order valence-corrected chi connectivity index (χ0v) is 17.9. The van der Waals surface area contributed by atoms with Gasteiger partial charge in [0.05, 0.1) is 17.9 Å². The molecule has 33 heavy (non-hydrogen) atoms. The van der Waals surface area contributed by atoms with Gasteiger partial charge in [0.1, 0.15) is 5.82 Å². The van der Waals surface area contributed by atoms with Crippen molar-refractivity contribution in [2.24, 2.45) is 0 Å². The third-order valence-corrected chi connectivity index (χ3v) is 7.00. The SMILES string of the molecule is O=C(CCCN1CCC2C(C1)c1cccc3c1N2CC(F)N3C(F)(F)F)c1ccc(F)cc1. The summed E-state index contributed by atoms with van der Waals surface area (Å²) in [4.78, 5) is 16.3. The van der Waals surface area contributed by atoms with Gasteiger partial charge in [0.15, 0.2) is 12.1 Å². The van der Waals surface area contributed by atoms with Crippen LogP contribution in [0.2, 0.25) is 0 Å². The molecule has 3 unspecified atom stereocenters. The van der Waals surface area contributed by atoms with Gasteiger partial charge in [-0.3, -0.25) is 4.79 Å². The van der Waals surface area contributed by atoms with E-state index < -0.39 is 12.6 Å². The molecule has 3 aliphatic heterocycles. The number of piperidine rings is 1. The van der Waals surface area contributed by atoms with E-state index in [9.17, 15) is 26.7 Å². The average Bonchev–Trinajstić information content (AvgIpc) is 3.07. The van der Waals surface area contributed by atoms with E-state index in [0.29, 0.717) is 37.2 Å². The Hall–Kier alpha value is -2.68. The number of carbonyl (C=O) groups is 1. The van der Waals surface area contributed by atoms with Crippen LogP contribution in [-0.2, 0) is 0 Å². The first kappa shape index (κ1) is 22.1. The summed E-state index contributed by atoms with van der Waals surface area (Å²) in [6.45, 7) is 1.79. The fourth-order valence-corrected chi connectivity index (χ4v) is 5.57. The number of hydrogen-bond donors (Lipinski definition) is 0. The van der Waals surface area contributed by atoms with E-state index in [4.69, 9.17) is 0 Å². The second kappa shape index (κ2) is 8.27. The lowest BCUT2D eigenvalue weighted by atomic mass is 9.89. The molecule has 2 aromatic carbocycles. The van der Waals surface area contributed by atoms with Crippen molar-refractivity contribution < 1.29 is 26.7 Å². The number of hydrogen-bond acceptors (Lipinski definition) is 4. The molecule has 1 fully saturated rings. The zero-order chi connectivity index (χ0) is 23.3. The van der Waals surface area contributed by atoms with Gasteiger partial charge in [-0.25, -0.2) is 13.7 Å². The first-order chi connectivity index (χ1) is 15.7. The zero-order valence-electron chi connectivity index (χ0n) is 17.9. The van der Waals surface area contributed by atoms with Crippen LogP contribution in [0.3, 0.4) is 0 Å². The number of benzene rings is 2. The van der Waals surface area contributed by atoms with Crippen LogP contribution in [0.1, 0.15) is 41.1 Å². The Kier molecular flexibility index (Phi) is 5.55. The standard InChI is InChI=1S/C24H24F5N3O/c25-16-8-6-15(7-9-16)21(33)5-2-11-30-12-10-19-18(13-30)17-3-1-4-20-23(17)31(19)14-22(26)32(20)24(27,28)29/h1,3-4,6-9,18-19,22H,2,5,10-14H2. The van der Waals surface area contributed by atoms with Crippen molar-refractivity contribution in [1.29, 1.82) is 0 Å². The normalized spacial score (nSPS) is 24.6. The maximum atomic E-state index is 14.6. The number of carbonyl (C=O) groups excluding carboxylic acids is 1. The molecular weight excluding hydrogens is 441 g/mol. The molecule has 0 saturated carbocycles. The molecule has 0 amide bonds. The quantitative estimate of drug-likeness (QED) is 0.349. The van der Waals surface area contributed by atoms with Crippen molar-refractivity contribution in [2.45, 2.75) is 43.8 Å². The number of rotatable bonds is 5. The van der Waals surface area contributed by atoms with Crippen molar-refractivity contribution in [2.75, 3.05) is 36.0 Å². The Bertz CT molecular complexity index is 1040. The highest BCUT2D eigenvalue weighted by molar-refractivity contribution is 5.95. The number of halogens is 5. The third-order valence-electron chi connectivity index (χ3n) is 7.00. The van der Waals surface area contributed by atoms with Crippen LogP contribution < -0.4 is 9.80 Å². The van der Waals surface area contributed by atoms with E-state index >= 15 is 0 Å². The van der Waals surface area contributed by atoms with Crippen LogP contribution in [-0.4, -0.2) is 55.5 Å². The molecule has 0 bridgehead atoms. The molecule has 9 heteroatoms. The molecule has 0 spiro atoms. The van der Waals surface area contributed by atoms with Gasteiger partial charge in [-0.2, -0.15) is 0 Å². The minimum absolute atomic E-state index is 0.00174. The van der Waals surface area contributed by atoms with Crippen LogP contribution in [0.25, 0.3) is 0 Å². The first-order valence-electron chi connectivity index (χ1n) is 11.1. The van der Waals surface area contributed by atoms with Crippen LogP contribution >= 0.6 is 0 Å². The number of para-hydroxylation sites is 1. The summed E-state index contributed by atoms with van der Waals surface area (Å²) in [5.74, 6) is -0.425. The predicted molar refractivity (Wildman–Crippen MR) is 115 cm³/mol. The lowest BCUT2D eigenvalue weighted by Crippen LogP contribution is -2.55. The second-order valence-electron chi connectivity index (χ2n) is 8.94. The maximum Gasteiger partial charge on any atom is 0.487 e. The van der Waals surface area contributed by atoms with E-state index in [1.807, 2.05) is 11.0 Å². The maximum absolute atomic E-state index is 14.6. The van der Waals surface area contributed by atoms with Crippen molar-refractivity contribution >= 4 is 17.2 Å². The van der Waals surface area contributed by atoms with Gasteiger partial charge in [-0.1, -0.05) is 12.1 Å². The van der Waals surface area contributed by atoms with Crippen LogP contribution in [0, 0.1) is 5.82 Å². The molecule has 3 heterocycles.